The smallest absolute Gasteiger partial charge is 0.358 e. The predicted molar refractivity (Wildman–Crippen MR) is 98.4 cm³/mol. The molecule has 0 fully saturated rings. The molecule has 0 aliphatic carbocycles. The van der Waals surface area contributed by atoms with Crippen molar-refractivity contribution in [2.45, 2.75) is 6.42 Å². The molecule has 2 aromatic carbocycles. The lowest BCUT2D eigenvalue weighted by Crippen LogP contribution is -2.16. The summed E-state index contributed by atoms with van der Waals surface area (Å²) in [5.41, 5.74) is 7.15. The van der Waals surface area contributed by atoms with Gasteiger partial charge < -0.3 is 10.6 Å². The molecule has 2 aromatic rings. The average Bonchev–Trinajstić information content (AvgIpc) is 2.55. The highest BCUT2D eigenvalue weighted by Crippen LogP contribution is 2.21. The maximum absolute atomic E-state index is 11.6. The zero-order valence-electron chi connectivity index (χ0n) is 12.4. The average molecular weight is 384 g/mol. The van der Waals surface area contributed by atoms with Crippen LogP contribution in [0.5, 0.6) is 0 Å². The second kappa shape index (κ2) is 8.73. The van der Waals surface area contributed by atoms with E-state index in [-0.39, 0.29) is 12.3 Å². The number of rotatable bonds is 5. The molecule has 0 atom stereocenters. The highest BCUT2D eigenvalue weighted by molar-refractivity contribution is 6.35. The Balaban J connectivity index is 1.94. The second-order valence-electron chi connectivity index (χ2n) is 4.76. The number of amidine groups is 1. The van der Waals surface area contributed by atoms with Gasteiger partial charge in [-0.15, -0.1) is 0 Å². The lowest BCUT2D eigenvalue weighted by atomic mass is 10.1. The van der Waals surface area contributed by atoms with E-state index < -0.39 is 5.97 Å². The third-order valence-electron chi connectivity index (χ3n) is 2.94. The molecule has 4 nitrogen and oxygen atoms in total. The first-order chi connectivity index (χ1) is 11.5. The number of carbonyl (C=O) groups excluding carboxylic acids is 1. The van der Waals surface area contributed by atoms with Crippen molar-refractivity contribution in [1.29, 1.82) is 0 Å². The minimum Gasteiger partial charge on any atom is -0.384 e. The number of carbonyl (C=O) groups is 1. The van der Waals surface area contributed by atoms with Crippen LogP contribution in [0.1, 0.15) is 11.1 Å². The third-order valence-corrected chi connectivity index (χ3v) is 3.87. The van der Waals surface area contributed by atoms with Gasteiger partial charge in [0, 0.05) is 27.6 Å². The number of halogens is 3. The van der Waals surface area contributed by atoms with Gasteiger partial charge in [-0.05, 0) is 35.4 Å². The summed E-state index contributed by atoms with van der Waals surface area (Å²) in [5, 5.41) is 5.10. The number of hydrogen-bond donors (Lipinski definition) is 1. The monoisotopic (exact) mass is 382 g/mol. The van der Waals surface area contributed by atoms with E-state index in [1.54, 1.807) is 36.4 Å². The first-order valence-electron chi connectivity index (χ1n) is 6.85. The van der Waals surface area contributed by atoms with Gasteiger partial charge in [0.2, 0.25) is 0 Å². The summed E-state index contributed by atoms with van der Waals surface area (Å²) < 4.78 is 0. The van der Waals surface area contributed by atoms with E-state index in [0.717, 1.165) is 5.56 Å². The lowest BCUT2D eigenvalue weighted by molar-refractivity contribution is -0.137. The summed E-state index contributed by atoms with van der Waals surface area (Å²) in [6.45, 7) is 0. The first kappa shape index (κ1) is 18.3. The van der Waals surface area contributed by atoms with E-state index >= 15 is 0 Å². The van der Waals surface area contributed by atoms with Gasteiger partial charge >= 0.3 is 5.97 Å². The molecule has 0 spiro atoms. The molecule has 2 rings (SSSR count). The van der Waals surface area contributed by atoms with E-state index in [4.69, 9.17) is 45.4 Å². The molecule has 0 amide bonds. The van der Waals surface area contributed by atoms with Crippen molar-refractivity contribution in [2.75, 3.05) is 0 Å². The minimum atomic E-state index is -0.667. The van der Waals surface area contributed by atoms with Gasteiger partial charge in [-0.1, -0.05) is 64.2 Å². The Morgan fingerprint density at radius 3 is 2.58 bits per heavy atom. The molecular formula is C17H13Cl3N2O2. The fourth-order valence-corrected chi connectivity index (χ4v) is 2.47. The summed E-state index contributed by atoms with van der Waals surface area (Å²) in [4.78, 5) is 16.4. The molecule has 24 heavy (non-hydrogen) atoms. The third kappa shape index (κ3) is 5.57. The van der Waals surface area contributed by atoms with Crippen molar-refractivity contribution in [3.63, 3.8) is 0 Å². The van der Waals surface area contributed by atoms with Crippen LogP contribution >= 0.6 is 34.8 Å². The van der Waals surface area contributed by atoms with Crippen molar-refractivity contribution >= 4 is 52.7 Å². The molecule has 7 heteroatoms. The van der Waals surface area contributed by atoms with Crippen LogP contribution < -0.4 is 5.73 Å². The Morgan fingerprint density at radius 1 is 1.12 bits per heavy atom. The molecule has 0 heterocycles. The number of oxime groups is 1. The highest BCUT2D eigenvalue weighted by Gasteiger charge is 2.05. The topological polar surface area (TPSA) is 64.7 Å². The second-order valence-corrected chi connectivity index (χ2v) is 6.01. The van der Waals surface area contributed by atoms with Gasteiger partial charge in [-0.25, -0.2) is 4.79 Å². The number of nitrogens with two attached hydrogens (primary N) is 1. The zero-order valence-corrected chi connectivity index (χ0v) is 14.6. The molecule has 0 saturated carbocycles. The van der Waals surface area contributed by atoms with Crippen LogP contribution in [0.15, 0.2) is 53.7 Å². The summed E-state index contributed by atoms with van der Waals surface area (Å²) >= 11 is 17.8. The Morgan fingerprint density at radius 2 is 1.88 bits per heavy atom. The molecule has 0 unspecified atom stereocenters. The number of nitrogens with zero attached hydrogens (tertiary/aromatic N) is 1. The summed E-state index contributed by atoms with van der Waals surface area (Å²) in [6, 6.07) is 12.1. The molecule has 0 bridgehead atoms. The molecule has 2 N–H and O–H groups in total. The van der Waals surface area contributed by atoms with Gasteiger partial charge in [0.25, 0.3) is 0 Å². The van der Waals surface area contributed by atoms with E-state index in [1.807, 2.05) is 6.07 Å². The van der Waals surface area contributed by atoms with E-state index in [2.05, 4.69) is 5.16 Å². The minimum absolute atomic E-state index is 0.110. The maximum Gasteiger partial charge on any atom is 0.358 e. The van der Waals surface area contributed by atoms with Crippen molar-refractivity contribution in [2.24, 2.45) is 10.9 Å². The Bertz CT molecular complexity index is 804. The van der Waals surface area contributed by atoms with Crippen molar-refractivity contribution in [3.8, 4) is 0 Å². The highest BCUT2D eigenvalue weighted by atomic mass is 35.5. The number of hydrogen-bond acceptors (Lipinski definition) is 3. The molecule has 0 radical (unpaired) electrons. The van der Waals surface area contributed by atoms with Crippen LogP contribution in [-0.2, 0) is 16.1 Å². The fourth-order valence-electron chi connectivity index (χ4n) is 1.79. The largest absolute Gasteiger partial charge is 0.384 e. The van der Waals surface area contributed by atoms with Gasteiger partial charge in [-0.3, -0.25) is 0 Å². The summed E-state index contributed by atoms with van der Waals surface area (Å²) in [5.74, 6) is -0.557. The normalized spacial score (nSPS) is 11.7. The van der Waals surface area contributed by atoms with Gasteiger partial charge in [0.05, 0.1) is 0 Å². The van der Waals surface area contributed by atoms with E-state index in [0.29, 0.717) is 20.6 Å². The van der Waals surface area contributed by atoms with Crippen molar-refractivity contribution < 1.29 is 9.63 Å². The van der Waals surface area contributed by atoms with E-state index in [1.165, 1.54) is 12.2 Å². The Labute approximate surface area is 154 Å². The zero-order chi connectivity index (χ0) is 17.5. The van der Waals surface area contributed by atoms with Gasteiger partial charge in [0.1, 0.15) is 5.84 Å². The van der Waals surface area contributed by atoms with Crippen LogP contribution in [0.25, 0.3) is 6.08 Å². The Kier molecular flexibility index (Phi) is 6.67. The maximum atomic E-state index is 11.6. The van der Waals surface area contributed by atoms with Crippen LogP contribution in [-0.4, -0.2) is 11.8 Å². The number of benzene rings is 2. The van der Waals surface area contributed by atoms with Gasteiger partial charge in [-0.2, -0.15) is 0 Å². The van der Waals surface area contributed by atoms with Crippen LogP contribution in [0, 0.1) is 0 Å². The van der Waals surface area contributed by atoms with Crippen molar-refractivity contribution in [3.05, 3.63) is 74.7 Å². The van der Waals surface area contributed by atoms with Gasteiger partial charge in [0.15, 0.2) is 0 Å². The molecule has 0 aromatic heterocycles. The quantitative estimate of drug-likeness (QED) is 0.267. The summed E-state index contributed by atoms with van der Waals surface area (Å²) in [6.07, 6.45) is 2.98. The molecule has 0 saturated heterocycles. The van der Waals surface area contributed by atoms with Crippen LogP contribution in [0.4, 0.5) is 0 Å². The molecule has 124 valence electrons. The van der Waals surface area contributed by atoms with Crippen LogP contribution in [0.2, 0.25) is 15.1 Å². The standard InChI is InChI=1S/C17H13Cl3N2O2/c18-13-7-5-12(15(20)10-13)9-16(21)22-24-17(23)8-6-11-3-1-2-4-14(11)19/h1-8,10H,9H2,(H2,21,22). The lowest BCUT2D eigenvalue weighted by Gasteiger charge is -2.03. The van der Waals surface area contributed by atoms with Crippen molar-refractivity contribution in [1.82, 2.24) is 0 Å². The fraction of sp³-hybridized carbons (Fsp3) is 0.0588. The SMILES string of the molecule is N/C(Cc1ccc(Cl)cc1Cl)=N\OC(=O)C=Cc1ccccc1Cl. The van der Waals surface area contributed by atoms with Crippen LogP contribution in [0.3, 0.4) is 0 Å². The molecule has 0 aliphatic rings. The summed E-state index contributed by atoms with van der Waals surface area (Å²) in [7, 11) is 0. The van der Waals surface area contributed by atoms with E-state index in [9.17, 15) is 4.79 Å². The predicted octanol–water partition coefficient (Wildman–Crippen LogP) is 4.72. The first-order valence-corrected chi connectivity index (χ1v) is 7.99. The Hall–Kier alpha value is -2.01. The molecule has 0 aliphatic heterocycles. The molecular weight excluding hydrogens is 371 g/mol.